The van der Waals surface area contributed by atoms with Crippen LogP contribution in [0.15, 0.2) is 72.9 Å². The molecule has 3 aromatic rings. The number of carbonyl (C=O) groups excluding carboxylic acids is 2. The molecular formula is C23H19N2O4+. The molecule has 2 aliphatic heterocycles. The molecule has 0 aliphatic carbocycles. The molecule has 0 bridgehead atoms. The van der Waals surface area contributed by atoms with Gasteiger partial charge in [-0.3, -0.25) is 9.59 Å². The molecule has 6 heteroatoms. The Bertz CT molecular complexity index is 1070. The summed E-state index contributed by atoms with van der Waals surface area (Å²) in [6.07, 6.45) is 1.59. The third-order valence-electron chi connectivity index (χ3n) is 5.15. The number of carbonyl (C=O) groups is 2. The third kappa shape index (κ3) is 3.12. The zero-order valence-corrected chi connectivity index (χ0v) is 15.7. The predicted octanol–water partition coefficient (Wildman–Crippen LogP) is 2.87. The molecule has 1 fully saturated rings. The van der Waals surface area contributed by atoms with E-state index < -0.39 is 0 Å². The van der Waals surface area contributed by atoms with Crippen molar-refractivity contribution < 1.29 is 23.6 Å². The van der Waals surface area contributed by atoms with Gasteiger partial charge in [0.15, 0.2) is 12.7 Å². The molecule has 3 heterocycles. The van der Waals surface area contributed by atoms with Gasteiger partial charge in [0.25, 0.3) is 11.8 Å². The van der Waals surface area contributed by atoms with Crippen molar-refractivity contribution in [1.82, 2.24) is 0 Å². The van der Waals surface area contributed by atoms with E-state index in [4.69, 9.17) is 9.47 Å². The average molecular weight is 387 g/mol. The summed E-state index contributed by atoms with van der Waals surface area (Å²) in [5.74, 6) is -0.577. The van der Waals surface area contributed by atoms with Crippen molar-refractivity contribution in [2.75, 3.05) is 18.1 Å². The van der Waals surface area contributed by atoms with Crippen LogP contribution < -0.4 is 9.47 Å². The van der Waals surface area contributed by atoms with E-state index >= 15 is 0 Å². The molecule has 6 nitrogen and oxygen atoms in total. The molecule has 2 aliphatic rings. The zero-order valence-electron chi connectivity index (χ0n) is 15.7. The molecule has 0 unspecified atom stereocenters. The van der Waals surface area contributed by atoms with E-state index in [2.05, 4.69) is 4.57 Å². The summed E-state index contributed by atoms with van der Waals surface area (Å²) in [7, 11) is 0. The summed E-state index contributed by atoms with van der Waals surface area (Å²) in [5.41, 5.74) is 3.35. The van der Waals surface area contributed by atoms with E-state index in [0.29, 0.717) is 36.6 Å². The number of hydrogen-bond acceptors (Lipinski definition) is 4. The molecule has 144 valence electrons. The fourth-order valence-electron chi connectivity index (χ4n) is 3.79. The summed E-state index contributed by atoms with van der Waals surface area (Å²) >= 11 is 0. The molecule has 0 spiro atoms. The van der Waals surface area contributed by atoms with Crippen LogP contribution in [0.5, 0.6) is 0 Å². The van der Waals surface area contributed by atoms with Crippen LogP contribution in [0.1, 0.15) is 38.3 Å². The molecule has 1 aromatic heterocycles. The number of benzene rings is 2. The van der Waals surface area contributed by atoms with Crippen molar-refractivity contribution >= 4 is 17.5 Å². The van der Waals surface area contributed by atoms with Crippen LogP contribution in [0.3, 0.4) is 0 Å². The second kappa shape index (κ2) is 7.24. The van der Waals surface area contributed by atoms with Gasteiger partial charge in [0.1, 0.15) is 0 Å². The van der Waals surface area contributed by atoms with Crippen LogP contribution in [0.4, 0.5) is 5.69 Å². The minimum Gasteiger partial charge on any atom is -0.341 e. The highest BCUT2D eigenvalue weighted by molar-refractivity contribution is 6.34. The number of amides is 2. The van der Waals surface area contributed by atoms with Gasteiger partial charge in [0.2, 0.25) is 12.0 Å². The predicted molar refractivity (Wildman–Crippen MR) is 104 cm³/mol. The van der Waals surface area contributed by atoms with Gasteiger partial charge < -0.3 is 9.47 Å². The highest BCUT2D eigenvalue weighted by Gasteiger charge is 2.36. The standard InChI is InChI=1S/C23H19N2O4/c26-21-18-8-1-2-9-19(18)22(27)25(21)17-7-5-6-16(14-17)15-24-11-4-3-10-20(24)23-28-12-13-29-23/h1-11,14,23H,12-13,15H2/q+1. The first kappa shape index (κ1) is 17.7. The molecule has 5 rings (SSSR count). The Morgan fingerprint density at radius 3 is 2.28 bits per heavy atom. The monoisotopic (exact) mass is 387 g/mol. The second-order valence-corrected chi connectivity index (χ2v) is 6.99. The number of nitrogens with zero attached hydrogens (tertiary/aromatic N) is 2. The van der Waals surface area contributed by atoms with Gasteiger partial charge in [-0.25, -0.2) is 4.90 Å². The van der Waals surface area contributed by atoms with Crippen LogP contribution in [-0.4, -0.2) is 25.0 Å². The van der Waals surface area contributed by atoms with Crippen LogP contribution in [0.2, 0.25) is 0 Å². The van der Waals surface area contributed by atoms with E-state index in [1.807, 2.05) is 42.6 Å². The lowest BCUT2D eigenvalue weighted by Gasteiger charge is -2.15. The van der Waals surface area contributed by atoms with Gasteiger partial charge in [0.05, 0.1) is 30.0 Å². The number of anilines is 1. The number of hydrogen-bond donors (Lipinski definition) is 0. The van der Waals surface area contributed by atoms with E-state index in [-0.39, 0.29) is 18.1 Å². The van der Waals surface area contributed by atoms with Crippen molar-refractivity contribution in [2.24, 2.45) is 0 Å². The maximum Gasteiger partial charge on any atom is 0.266 e. The normalized spacial score (nSPS) is 16.5. The quantitative estimate of drug-likeness (QED) is 0.510. The zero-order chi connectivity index (χ0) is 19.8. The summed E-state index contributed by atoms with van der Waals surface area (Å²) in [4.78, 5) is 26.8. The van der Waals surface area contributed by atoms with Gasteiger partial charge in [-0.15, -0.1) is 0 Å². The maximum absolute atomic E-state index is 12.8. The van der Waals surface area contributed by atoms with Crippen molar-refractivity contribution in [3.05, 3.63) is 95.3 Å². The van der Waals surface area contributed by atoms with E-state index in [1.54, 1.807) is 30.3 Å². The fraction of sp³-hybridized carbons (Fsp3) is 0.174. The summed E-state index contributed by atoms with van der Waals surface area (Å²) in [6, 6.07) is 20.3. The Kier molecular flexibility index (Phi) is 4.42. The molecule has 29 heavy (non-hydrogen) atoms. The Morgan fingerprint density at radius 1 is 0.862 bits per heavy atom. The van der Waals surface area contributed by atoms with Gasteiger partial charge in [-0.05, 0) is 30.3 Å². The number of aromatic nitrogens is 1. The van der Waals surface area contributed by atoms with Gasteiger partial charge >= 0.3 is 0 Å². The van der Waals surface area contributed by atoms with E-state index in [9.17, 15) is 9.59 Å². The van der Waals surface area contributed by atoms with Gasteiger partial charge in [-0.2, -0.15) is 4.57 Å². The smallest absolute Gasteiger partial charge is 0.266 e. The van der Waals surface area contributed by atoms with Crippen LogP contribution >= 0.6 is 0 Å². The topological polar surface area (TPSA) is 59.7 Å². The molecule has 1 saturated heterocycles. The van der Waals surface area contributed by atoms with Crippen molar-refractivity contribution in [2.45, 2.75) is 12.8 Å². The number of rotatable bonds is 4. The maximum atomic E-state index is 12.8. The first-order chi connectivity index (χ1) is 14.2. The number of ether oxygens (including phenoxy) is 2. The van der Waals surface area contributed by atoms with Crippen molar-refractivity contribution in [1.29, 1.82) is 0 Å². The van der Waals surface area contributed by atoms with Gasteiger partial charge in [0, 0.05) is 17.7 Å². The summed E-state index contributed by atoms with van der Waals surface area (Å²) < 4.78 is 13.3. The van der Waals surface area contributed by atoms with E-state index in [1.165, 1.54) is 4.90 Å². The Morgan fingerprint density at radius 2 is 1.55 bits per heavy atom. The molecule has 0 radical (unpaired) electrons. The van der Waals surface area contributed by atoms with Crippen molar-refractivity contribution in [3.63, 3.8) is 0 Å². The number of pyridine rings is 1. The molecule has 2 aromatic carbocycles. The van der Waals surface area contributed by atoms with Gasteiger partial charge in [-0.1, -0.05) is 24.3 Å². The third-order valence-corrected chi connectivity index (χ3v) is 5.15. The fourth-order valence-corrected chi connectivity index (χ4v) is 3.79. The lowest BCUT2D eigenvalue weighted by Crippen LogP contribution is -2.40. The molecule has 2 amide bonds. The summed E-state index contributed by atoms with van der Waals surface area (Å²) in [5, 5.41) is 0. The first-order valence-electron chi connectivity index (χ1n) is 9.51. The van der Waals surface area contributed by atoms with Crippen molar-refractivity contribution in [3.8, 4) is 0 Å². The van der Waals surface area contributed by atoms with Crippen LogP contribution in [0, 0.1) is 0 Å². The Hall–Kier alpha value is -3.35. The average Bonchev–Trinajstić information content (AvgIpc) is 3.37. The minimum absolute atomic E-state index is 0.288. The lowest BCUT2D eigenvalue weighted by atomic mass is 10.1. The molecular weight excluding hydrogens is 368 g/mol. The Labute approximate surface area is 167 Å². The SMILES string of the molecule is O=C1c2ccccc2C(=O)N1c1cccc(C[n+]2ccccc2C2OCCO2)c1. The van der Waals surface area contributed by atoms with Crippen LogP contribution in [-0.2, 0) is 16.0 Å². The molecule has 0 N–H and O–H groups in total. The first-order valence-corrected chi connectivity index (χ1v) is 9.51. The largest absolute Gasteiger partial charge is 0.341 e. The molecule has 0 saturated carbocycles. The second-order valence-electron chi connectivity index (χ2n) is 6.99. The summed E-state index contributed by atoms with van der Waals surface area (Å²) in [6.45, 7) is 1.72. The highest BCUT2D eigenvalue weighted by atomic mass is 16.7. The van der Waals surface area contributed by atoms with E-state index in [0.717, 1.165) is 11.3 Å². The lowest BCUT2D eigenvalue weighted by molar-refractivity contribution is -0.701. The van der Waals surface area contributed by atoms with Crippen LogP contribution in [0.25, 0.3) is 0 Å². The highest BCUT2D eigenvalue weighted by Crippen LogP contribution is 2.29. The molecule has 0 atom stereocenters. The minimum atomic E-state index is -0.379. The number of fused-ring (bicyclic) bond motifs is 1. The Balaban J connectivity index is 1.45. The number of imide groups is 1.